The van der Waals surface area contributed by atoms with Crippen molar-refractivity contribution in [3.8, 4) is 0 Å². The standard InChI is InChI=1S/C13H29N.C6H6.H2O4S/c1-2-3-4-5-6-7-8-9-10-11-12-13-14;1-2-4-6-5-3-1;1-5(2,3)4/h2-14H2,1H3;1-6H;(H2,1,2,3,4). The summed E-state index contributed by atoms with van der Waals surface area (Å²) in [5.74, 6) is 0. The summed E-state index contributed by atoms with van der Waals surface area (Å²) in [4.78, 5) is 0. The molecule has 1 aromatic carbocycles. The molecule has 0 amide bonds. The van der Waals surface area contributed by atoms with Crippen LogP contribution >= 0.6 is 0 Å². The molecule has 0 aliphatic rings. The summed E-state index contributed by atoms with van der Waals surface area (Å²) in [6.07, 6.45) is 15.4. The zero-order valence-electron chi connectivity index (χ0n) is 15.6. The van der Waals surface area contributed by atoms with Crippen molar-refractivity contribution in [1.29, 1.82) is 0 Å². The lowest BCUT2D eigenvalue weighted by Crippen LogP contribution is -1.97. The van der Waals surface area contributed by atoms with E-state index < -0.39 is 10.4 Å². The van der Waals surface area contributed by atoms with Gasteiger partial charge in [-0.1, -0.05) is 108 Å². The highest BCUT2D eigenvalue weighted by atomic mass is 32.3. The average molecular weight is 376 g/mol. The predicted octanol–water partition coefficient (Wildman–Crippen LogP) is 5.29. The lowest BCUT2D eigenvalue weighted by Gasteiger charge is -2.01. The maximum absolute atomic E-state index is 8.74. The summed E-state index contributed by atoms with van der Waals surface area (Å²) in [7, 11) is -4.67. The topological polar surface area (TPSA) is 101 Å². The maximum Gasteiger partial charge on any atom is 0.394 e. The number of rotatable bonds is 11. The summed E-state index contributed by atoms with van der Waals surface area (Å²) in [6, 6.07) is 12.0. The molecule has 0 aromatic heterocycles. The fraction of sp³-hybridized carbons (Fsp3) is 0.684. The third-order valence-electron chi connectivity index (χ3n) is 3.47. The average Bonchev–Trinajstić information content (AvgIpc) is 2.57. The minimum Gasteiger partial charge on any atom is -0.330 e. The van der Waals surface area contributed by atoms with Crippen LogP contribution < -0.4 is 5.73 Å². The molecule has 148 valence electrons. The molecule has 0 spiro atoms. The summed E-state index contributed by atoms with van der Waals surface area (Å²) in [5, 5.41) is 0. The van der Waals surface area contributed by atoms with Crippen LogP contribution in [0.5, 0.6) is 0 Å². The molecule has 5 nitrogen and oxygen atoms in total. The first-order chi connectivity index (χ1) is 11.9. The SMILES string of the molecule is CCCCCCCCCCCCCN.O=S(=O)(O)O.c1ccccc1. The van der Waals surface area contributed by atoms with Crippen molar-refractivity contribution in [1.82, 2.24) is 0 Å². The monoisotopic (exact) mass is 375 g/mol. The van der Waals surface area contributed by atoms with E-state index in [-0.39, 0.29) is 0 Å². The minimum atomic E-state index is -4.67. The molecule has 4 N–H and O–H groups in total. The van der Waals surface area contributed by atoms with Crippen LogP contribution in [0.4, 0.5) is 0 Å². The van der Waals surface area contributed by atoms with E-state index in [4.69, 9.17) is 23.3 Å². The Balaban J connectivity index is 0. The van der Waals surface area contributed by atoms with E-state index in [1.165, 1.54) is 70.6 Å². The molecule has 0 fully saturated rings. The van der Waals surface area contributed by atoms with Gasteiger partial charge in [-0.2, -0.15) is 8.42 Å². The molecule has 0 heterocycles. The number of hydrogen-bond acceptors (Lipinski definition) is 3. The quantitative estimate of drug-likeness (QED) is 0.360. The number of hydrogen-bond donors (Lipinski definition) is 3. The Labute approximate surface area is 154 Å². The Hall–Kier alpha value is -0.950. The van der Waals surface area contributed by atoms with Crippen LogP contribution in [0.1, 0.15) is 77.6 Å². The Kier molecular flexibility index (Phi) is 22.2. The van der Waals surface area contributed by atoms with Crippen LogP contribution in [0.15, 0.2) is 36.4 Å². The van der Waals surface area contributed by atoms with Crippen molar-refractivity contribution in [2.24, 2.45) is 5.73 Å². The van der Waals surface area contributed by atoms with Crippen molar-refractivity contribution in [2.45, 2.75) is 77.6 Å². The Morgan fingerprint density at radius 2 is 0.880 bits per heavy atom. The summed E-state index contributed by atoms with van der Waals surface area (Å²) in [6.45, 7) is 3.15. The third-order valence-corrected chi connectivity index (χ3v) is 3.47. The van der Waals surface area contributed by atoms with Gasteiger partial charge in [-0.3, -0.25) is 9.11 Å². The molecule has 0 unspecified atom stereocenters. The Morgan fingerprint density at radius 1 is 0.640 bits per heavy atom. The van der Waals surface area contributed by atoms with E-state index >= 15 is 0 Å². The fourth-order valence-electron chi connectivity index (χ4n) is 2.19. The molecule has 0 atom stereocenters. The molecule has 0 bridgehead atoms. The van der Waals surface area contributed by atoms with E-state index in [1.54, 1.807) is 0 Å². The van der Waals surface area contributed by atoms with Crippen LogP contribution in [-0.2, 0) is 10.4 Å². The predicted molar refractivity (Wildman–Crippen MR) is 106 cm³/mol. The normalized spacial score (nSPS) is 10.2. The molecule has 0 saturated carbocycles. The molecule has 1 rings (SSSR count). The van der Waals surface area contributed by atoms with Crippen LogP contribution in [0, 0.1) is 0 Å². The molecule has 25 heavy (non-hydrogen) atoms. The van der Waals surface area contributed by atoms with E-state index in [9.17, 15) is 0 Å². The molecule has 6 heteroatoms. The van der Waals surface area contributed by atoms with Gasteiger partial charge in [-0.05, 0) is 13.0 Å². The third kappa shape index (κ3) is 39.6. The highest BCUT2D eigenvalue weighted by Gasteiger charge is 1.91. The van der Waals surface area contributed by atoms with Crippen molar-refractivity contribution >= 4 is 10.4 Å². The number of nitrogens with two attached hydrogens (primary N) is 1. The van der Waals surface area contributed by atoms with Gasteiger partial charge in [0.2, 0.25) is 0 Å². The van der Waals surface area contributed by atoms with Gasteiger partial charge in [0.25, 0.3) is 0 Å². The summed E-state index contributed by atoms with van der Waals surface area (Å²) >= 11 is 0. The zero-order valence-corrected chi connectivity index (χ0v) is 16.5. The molecule has 1 aromatic rings. The van der Waals surface area contributed by atoms with E-state index in [1.807, 2.05) is 36.4 Å². The Bertz CT molecular complexity index is 391. The molecular formula is C19H37NO4S. The van der Waals surface area contributed by atoms with Gasteiger partial charge in [0.15, 0.2) is 0 Å². The van der Waals surface area contributed by atoms with Gasteiger partial charge in [-0.25, -0.2) is 0 Å². The first-order valence-electron chi connectivity index (χ1n) is 9.31. The van der Waals surface area contributed by atoms with E-state index in [2.05, 4.69) is 6.92 Å². The van der Waals surface area contributed by atoms with Crippen LogP contribution in [0.2, 0.25) is 0 Å². The second-order valence-corrected chi connectivity index (χ2v) is 6.82. The second-order valence-electron chi connectivity index (χ2n) is 5.93. The second kappa shape index (κ2) is 21.1. The lowest BCUT2D eigenvalue weighted by atomic mass is 10.1. The van der Waals surface area contributed by atoms with Gasteiger partial charge in [0.05, 0.1) is 0 Å². The van der Waals surface area contributed by atoms with Crippen molar-refractivity contribution in [2.75, 3.05) is 6.54 Å². The first kappa shape index (κ1) is 26.3. The van der Waals surface area contributed by atoms with Crippen molar-refractivity contribution in [3.05, 3.63) is 36.4 Å². The first-order valence-corrected chi connectivity index (χ1v) is 10.7. The molecule has 0 aliphatic heterocycles. The van der Waals surface area contributed by atoms with Crippen LogP contribution in [0.3, 0.4) is 0 Å². The van der Waals surface area contributed by atoms with Gasteiger partial charge >= 0.3 is 10.4 Å². The van der Waals surface area contributed by atoms with E-state index in [0.717, 1.165) is 6.54 Å². The minimum absolute atomic E-state index is 0.872. The Morgan fingerprint density at radius 3 is 1.12 bits per heavy atom. The highest BCUT2D eigenvalue weighted by molar-refractivity contribution is 7.79. The smallest absolute Gasteiger partial charge is 0.330 e. The van der Waals surface area contributed by atoms with Crippen LogP contribution in [-0.4, -0.2) is 24.1 Å². The van der Waals surface area contributed by atoms with Crippen LogP contribution in [0.25, 0.3) is 0 Å². The summed E-state index contributed by atoms with van der Waals surface area (Å²) < 4.78 is 31.6. The number of unbranched alkanes of at least 4 members (excludes halogenated alkanes) is 10. The van der Waals surface area contributed by atoms with Gasteiger partial charge in [0.1, 0.15) is 0 Å². The van der Waals surface area contributed by atoms with Gasteiger partial charge in [-0.15, -0.1) is 0 Å². The van der Waals surface area contributed by atoms with Crippen molar-refractivity contribution < 1.29 is 17.5 Å². The number of benzene rings is 1. The fourth-order valence-corrected chi connectivity index (χ4v) is 2.19. The van der Waals surface area contributed by atoms with Gasteiger partial charge < -0.3 is 5.73 Å². The maximum atomic E-state index is 8.74. The molecule has 0 saturated heterocycles. The zero-order chi connectivity index (χ0) is 19.2. The highest BCUT2D eigenvalue weighted by Crippen LogP contribution is 2.10. The lowest BCUT2D eigenvalue weighted by molar-refractivity contribution is 0.381. The van der Waals surface area contributed by atoms with E-state index in [0.29, 0.717) is 0 Å². The van der Waals surface area contributed by atoms with Crippen molar-refractivity contribution in [3.63, 3.8) is 0 Å². The summed E-state index contributed by atoms with van der Waals surface area (Å²) in [5.41, 5.74) is 5.44. The largest absolute Gasteiger partial charge is 0.394 e. The molecule has 0 radical (unpaired) electrons. The molecular weight excluding hydrogens is 338 g/mol. The molecule has 0 aliphatic carbocycles. The van der Waals surface area contributed by atoms with Gasteiger partial charge in [0, 0.05) is 0 Å².